The van der Waals surface area contributed by atoms with Crippen molar-refractivity contribution in [2.45, 2.75) is 32.4 Å². The number of nitrogens with zero attached hydrogens (tertiary/aromatic N) is 2. The molecule has 0 spiro atoms. The molecule has 0 bridgehead atoms. The normalized spacial score (nSPS) is 11.6. The number of alkyl halides is 3. The highest BCUT2D eigenvalue weighted by Gasteiger charge is 2.30. The molecule has 0 saturated carbocycles. The van der Waals surface area contributed by atoms with Crippen molar-refractivity contribution in [2.75, 3.05) is 0 Å². The first-order valence-corrected chi connectivity index (χ1v) is 7.19. The van der Waals surface area contributed by atoms with Gasteiger partial charge in [0, 0.05) is 6.42 Å². The first-order chi connectivity index (χ1) is 9.91. The van der Waals surface area contributed by atoms with Crippen molar-refractivity contribution in [1.29, 1.82) is 0 Å². The van der Waals surface area contributed by atoms with E-state index < -0.39 is 11.7 Å². The van der Waals surface area contributed by atoms with Crippen molar-refractivity contribution in [3.63, 3.8) is 0 Å². The molecule has 1 heterocycles. The Balaban J connectivity index is 2.18. The fraction of sp³-hybridized carbons (Fsp3) is 0.357. The maximum atomic E-state index is 12.6. The Morgan fingerprint density at radius 3 is 2.76 bits per heavy atom. The SMILES string of the molecule is CCCc1nnsc1C(=O)Cc1cccc(C(F)(F)F)c1. The molecule has 1 aromatic carbocycles. The van der Waals surface area contributed by atoms with Crippen molar-refractivity contribution in [3.05, 3.63) is 46.0 Å². The third kappa shape index (κ3) is 3.87. The van der Waals surface area contributed by atoms with Crippen LogP contribution in [0.4, 0.5) is 13.2 Å². The van der Waals surface area contributed by atoms with Gasteiger partial charge in [-0.1, -0.05) is 36.0 Å². The lowest BCUT2D eigenvalue weighted by Crippen LogP contribution is -2.08. The molecule has 21 heavy (non-hydrogen) atoms. The first kappa shape index (κ1) is 15.6. The van der Waals surface area contributed by atoms with E-state index in [1.807, 2.05) is 6.92 Å². The molecule has 7 heteroatoms. The van der Waals surface area contributed by atoms with Crippen LogP contribution in [0, 0.1) is 0 Å². The van der Waals surface area contributed by atoms with Gasteiger partial charge in [-0.3, -0.25) is 4.79 Å². The minimum absolute atomic E-state index is 0.0789. The summed E-state index contributed by atoms with van der Waals surface area (Å²) in [5, 5.41) is 3.89. The van der Waals surface area contributed by atoms with E-state index in [0.717, 1.165) is 30.1 Å². The summed E-state index contributed by atoms with van der Waals surface area (Å²) >= 11 is 0.994. The van der Waals surface area contributed by atoms with Crippen LogP contribution >= 0.6 is 11.5 Å². The van der Waals surface area contributed by atoms with Gasteiger partial charge in [0.05, 0.1) is 11.3 Å². The average Bonchev–Trinajstić information content (AvgIpc) is 2.87. The predicted octanol–water partition coefficient (Wildman–Crippen LogP) is 3.93. The molecule has 2 rings (SSSR count). The van der Waals surface area contributed by atoms with E-state index >= 15 is 0 Å². The van der Waals surface area contributed by atoms with Gasteiger partial charge in [0.25, 0.3) is 0 Å². The predicted molar refractivity (Wildman–Crippen MR) is 73.4 cm³/mol. The van der Waals surface area contributed by atoms with Crippen molar-refractivity contribution < 1.29 is 18.0 Å². The van der Waals surface area contributed by atoms with Crippen LogP contribution in [0.3, 0.4) is 0 Å². The van der Waals surface area contributed by atoms with Crippen LogP contribution in [0.25, 0.3) is 0 Å². The van der Waals surface area contributed by atoms with Gasteiger partial charge < -0.3 is 0 Å². The number of hydrogen-bond acceptors (Lipinski definition) is 4. The number of halogens is 3. The molecule has 0 N–H and O–H groups in total. The topological polar surface area (TPSA) is 42.9 Å². The number of aromatic nitrogens is 2. The number of ketones is 1. The fourth-order valence-corrected chi connectivity index (χ4v) is 2.59. The van der Waals surface area contributed by atoms with Crippen LogP contribution < -0.4 is 0 Å². The van der Waals surface area contributed by atoms with Gasteiger partial charge in [0.1, 0.15) is 4.88 Å². The Bertz CT molecular complexity index is 637. The Morgan fingerprint density at radius 2 is 2.10 bits per heavy atom. The van der Waals surface area contributed by atoms with Crippen LogP contribution in [0.15, 0.2) is 24.3 Å². The molecular weight excluding hydrogens is 301 g/mol. The number of Topliss-reactive ketones (excluding diaryl/α,β-unsaturated/α-hetero) is 1. The maximum Gasteiger partial charge on any atom is 0.416 e. The summed E-state index contributed by atoms with van der Waals surface area (Å²) in [5.41, 5.74) is 0.217. The highest BCUT2D eigenvalue weighted by Crippen LogP contribution is 2.29. The van der Waals surface area contributed by atoms with Gasteiger partial charge in [-0.05, 0) is 29.6 Å². The minimum atomic E-state index is -4.40. The average molecular weight is 314 g/mol. The molecule has 0 radical (unpaired) electrons. The molecule has 0 aliphatic rings. The molecule has 0 saturated heterocycles. The third-order valence-corrected chi connectivity index (χ3v) is 3.72. The molecule has 112 valence electrons. The summed E-state index contributed by atoms with van der Waals surface area (Å²) in [6.07, 6.45) is -3.02. The Morgan fingerprint density at radius 1 is 1.33 bits per heavy atom. The molecule has 0 aliphatic carbocycles. The van der Waals surface area contributed by atoms with E-state index in [4.69, 9.17) is 0 Å². The summed E-state index contributed by atoms with van der Waals surface area (Å²) in [4.78, 5) is 12.6. The van der Waals surface area contributed by atoms with Gasteiger partial charge in [-0.2, -0.15) is 13.2 Å². The van der Waals surface area contributed by atoms with E-state index in [1.165, 1.54) is 12.1 Å². The molecular formula is C14H13F3N2OS. The second-order valence-electron chi connectivity index (χ2n) is 4.60. The monoisotopic (exact) mass is 314 g/mol. The van der Waals surface area contributed by atoms with Crippen molar-refractivity contribution >= 4 is 17.3 Å². The molecule has 0 fully saturated rings. The Hall–Kier alpha value is -1.76. The van der Waals surface area contributed by atoms with Crippen molar-refractivity contribution in [2.24, 2.45) is 0 Å². The molecule has 0 unspecified atom stereocenters. The molecule has 2 aromatic rings. The van der Waals surface area contributed by atoms with E-state index in [1.54, 1.807) is 0 Å². The summed E-state index contributed by atoms with van der Waals surface area (Å²) in [6.45, 7) is 1.96. The molecule has 0 aliphatic heterocycles. The Labute approximate surface area is 124 Å². The van der Waals surface area contributed by atoms with E-state index in [-0.39, 0.29) is 12.2 Å². The molecule has 0 amide bonds. The Kier molecular flexibility index (Phi) is 4.72. The zero-order chi connectivity index (χ0) is 15.5. The van der Waals surface area contributed by atoms with Gasteiger partial charge in [0.2, 0.25) is 0 Å². The molecule has 3 nitrogen and oxygen atoms in total. The summed E-state index contributed by atoms with van der Waals surface area (Å²) in [6, 6.07) is 4.82. The van der Waals surface area contributed by atoms with Crippen molar-refractivity contribution in [3.8, 4) is 0 Å². The second-order valence-corrected chi connectivity index (χ2v) is 5.35. The zero-order valence-corrected chi connectivity index (χ0v) is 12.1. The fourth-order valence-electron chi connectivity index (χ4n) is 1.94. The number of hydrogen-bond donors (Lipinski definition) is 0. The van der Waals surface area contributed by atoms with Crippen LogP contribution in [0.1, 0.15) is 39.8 Å². The number of carbonyl (C=O) groups is 1. The highest BCUT2D eigenvalue weighted by atomic mass is 32.1. The molecule has 1 aromatic heterocycles. The number of rotatable bonds is 5. The zero-order valence-electron chi connectivity index (χ0n) is 11.3. The third-order valence-electron chi connectivity index (χ3n) is 2.91. The summed E-state index contributed by atoms with van der Waals surface area (Å²) < 4.78 is 41.7. The number of benzene rings is 1. The lowest BCUT2D eigenvalue weighted by atomic mass is 10.0. The number of carbonyl (C=O) groups excluding carboxylic acids is 1. The van der Waals surface area contributed by atoms with Crippen LogP contribution in [0.2, 0.25) is 0 Å². The smallest absolute Gasteiger partial charge is 0.293 e. The van der Waals surface area contributed by atoms with Gasteiger partial charge in [-0.25, -0.2) is 0 Å². The minimum Gasteiger partial charge on any atom is -0.293 e. The largest absolute Gasteiger partial charge is 0.416 e. The van der Waals surface area contributed by atoms with Crippen LogP contribution in [-0.2, 0) is 19.0 Å². The van der Waals surface area contributed by atoms with E-state index in [9.17, 15) is 18.0 Å². The number of aryl methyl sites for hydroxylation is 1. The highest BCUT2D eigenvalue weighted by molar-refractivity contribution is 7.08. The quantitative estimate of drug-likeness (QED) is 0.785. The maximum absolute atomic E-state index is 12.6. The van der Waals surface area contributed by atoms with Crippen molar-refractivity contribution in [1.82, 2.24) is 9.59 Å². The van der Waals surface area contributed by atoms with Crippen LogP contribution in [0.5, 0.6) is 0 Å². The van der Waals surface area contributed by atoms with E-state index in [2.05, 4.69) is 9.59 Å². The van der Waals surface area contributed by atoms with Crippen LogP contribution in [-0.4, -0.2) is 15.4 Å². The first-order valence-electron chi connectivity index (χ1n) is 6.42. The van der Waals surface area contributed by atoms with E-state index in [0.29, 0.717) is 22.6 Å². The standard InChI is InChI=1S/C14H13F3N2OS/c1-2-4-11-13(21-19-18-11)12(20)8-9-5-3-6-10(7-9)14(15,16)17/h3,5-7H,2,4,8H2,1H3. The van der Waals surface area contributed by atoms with Gasteiger partial charge >= 0.3 is 6.18 Å². The van der Waals surface area contributed by atoms with Gasteiger partial charge in [0.15, 0.2) is 5.78 Å². The summed E-state index contributed by atoms with van der Waals surface area (Å²) in [5.74, 6) is -0.243. The molecule has 0 atom stereocenters. The lowest BCUT2D eigenvalue weighted by molar-refractivity contribution is -0.137. The van der Waals surface area contributed by atoms with Gasteiger partial charge in [-0.15, -0.1) is 5.10 Å². The second kappa shape index (κ2) is 6.34. The lowest BCUT2D eigenvalue weighted by Gasteiger charge is -2.08. The summed E-state index contributed by atoms with van der Waals surface area (Å²) in [7, 11) is 0.